The molecule has 0 spiro atoms. The summed E-state index contributed by atoms with van der Waals surface area (Å²) in [7, 11) is -3.35. The molecule has 0 saturated heterocycles. The smallest absolute Gasteiger partial charge is 0.209 e. The van der Waals surface area contributed by atoms with E-state index in [4.69, 9.17) is 4.74 Å². The summed E-state index contributed by atoms with van der Waals surface area (Å²) >= 11 is 0. The second-order valence-electron chi connectivity index (χ2n) is 7.03. The minimum atomic E-state index is -3.35. The van der Waals surface area contributed by atoms with Gasteiger partial charge in [0.2, 0.25) is 10.0 Å². The zero-order valence-corrected chi connectivity index (χ0v) is 16.8. The summed E-state index contributed by atoms with van der Waals surface area (Å²) in [5.41, 5.74) is 1.94. The maximum Gasteiger partial charge on any atom is 0.209 e. The Hall–Kier alpha value is -2.38. The number of rotatable bonds is 7. The Labute approximate surface area is 160 Å². The van der Waals surface area contributed by atoms with Crippen molar-refractivity contribution in [2.45, 2.75) is 39.0 Å². The lowest BCUT2D eigenvalue weighted by atomic mass is 10.0. The van der Waals surface area contributed by atoms with Gasteiger partial charge in [0.1, 0.15) is 11.9 Å². The van der Waals surface area contributed by atoms with Crippen LogP contribution in [-0.2, 0) is 10.0 Å². The second kappa shape index (κ2) is 7.70. The highest BCUT2D eigenvalue weighted by Gasteiger charge is 2.24. The highest BCUT2D eigenvalue weighted by molar-refractivity contribution is 7.88. The van der Waals surface area contributed by atoms with E-state index in [0.29, 0.717) is 5.75 Å². The zero-order chi connectivity index (χ0) is 19.6. The molecule has 6 nitrogen and oxygen atoms in total. The topological polar surface area (TPSA) is 73.2 Å². The fraction of sp³-hybridized carbons (Fsp3) is 0.350. The molecule has 0 fully saturated rings. The van der Waals surface area contributed by atoms with Crippen molar-refractivity contribution in [3.8, 4) is 5.75 Å². The molecule has 0 saturated carbocycles. The Morgan fingerprint density at radius 1 is 1.07 bits per heavy atom. The summed E-state index contributed by atoms with van der Waals surface area (Å²) < 4.78 is 34.2. The average Bonchev–Trinajstić information content (AvgIpc) is 3.02. The molecule has 3 rings (SSSR count). The van der Waals surface area contributed by atoms with E-state index in [1.807, 2.05) is 59.4 Å². The van der Waals surface area contributed by atoms with Gasteiger partial charge in [-0.2, -0.15) is 5.10 Å². The van der Waals surface area contributed by atoms with Gasteiger partial charge in [-0.1, -0.05) is 30.3 Å². The van der Waals surface area contributed by atoms with E-state index in [2.05, 4.69) is 23.7 Å². The van der Waals surface area contributed by atoms with Crippen molar-refractivity contribution >= 4 is 20.9 Å². The number of nitrogens with one attached hydrogen (secondary N) is 1. The lowest BCUT2D eigenvalue weighted by Gasteiger charge is -2.26. The fourth-order valence-electron chi connectivity index (χ4n) is 3.16. The van der Waals surface area contributed by atoms with E-state index in [9.17, 15) is 8.42 Å². The van der Waals surface area contributed by atoms with Crippen LogP contribution in [0.4, 0.5) is 0 Å². The van der Waals surface area contributed by atoms with Gasteiger partial charge in [-0.25, -0.2) is 13.1 Å². The maximum absolute atomic E-state index is 11.7. The maximum atomic E-state index is 11.7. The molecule has 2 unspecified atom stereocenters. The van der Waals surface area contributed by atoms with Crippen LogP contribution in [0.3, 0.4) is 0 Å². The number of nitrogens with zero attached hydrogens (tertiary/aromatic N) is 2. The fourth-order valence-corrected chi connectivity index (χ4v) is 3.96. The number of hydrogen-bond donors (Lipinski definition) is 1. The Bertz CT molecular complexity index is 1010. The summed E-state index contributed by atoms with van der Waals surface area (Å²) in [5, 5.41) is 5.41. The van der Waals surface area contributed by atoms with Crippen molar-refractivity contribution in [3.05, 3.63) is 60.3 Å². The van der Waals surface area contributed by atoms with Crippen LogP contribution in [-0.4, -0.2) is 30.5 Å². The highest BCUT2D eigenvalue weighted by atomic mass is 32.2. The zero-order valence-electron chi connectivity index (χ0n) is 16.0. The SMILES string of the molecule is CC(NS(C)(=O)=O)C(Oc1ccc2c(cnn2C(C)C)c1)c1ccccc1. The van der Waals surface area contributed by atoms with Gasteiger partial charge in [0.25, 0.3) is 0 Å². The standard InChI is InChI=1S/C20H25N3O3S/c1-14(2)23-19-11-10-18(12-17(19)13-21-23)26-20(15(3)22-27(4,24)25)16-8-6-5-7-9-16/h5-15,20,22H,1-4H3. The summed E-state index contributed by atoms with van der Waals surface area (Å²) in [5.74, 6) is 0.668. The van der Waals surface area contributed by atoms with E-state index >= 15 is 0 Å². The minimum Gasteiger partial charge on any atom is -0.484 e. The van der Waals surface area contributed by atoms with Crippen molar-refractivity contribution < 1.29 is 13.2 Å². The molecule has 27 heavy (non-hydrogen) atoms. The molecule has 0 radical (unpaired) electrons. The summed E-state index contributed by atoms with van der Waals surface area (Å²) in [4.78, 5) is 0. The van der Waals surface area contributed by atoms with Crippen molar-refractivity contribution in [1.82, 2.24) is 14.5 Å². The van der Waals surface area contributed by atoms with Gasteiger partial charge in [-0.15, -0.1) is 0 Å². The minimum absolute atomic E-state index is 0.269. The molecule has 7 heteroatoms. The predicted octanol–water partition coefficient (Wildman–Crippen LogP) is 3.68. The molecule has 1 N–H and O–H groups in total. The van der Waals surface area contributed by atoms with Crippen LogP contribution in [0.25, 0.3) is 10.9 Å². The molecule has 0 aliphatic carbocycles. The first-order valence-corrected chi connectivity index (χ1v) is 10.8. The second-order valence-corrected chi connectivity index (χ2v) is 8.81. The number of benzene rings is 2. The summed E-state index contributed by atoms with van der Waals surface area (Å²) in [6.45, 7) is 5.97. The van der Waals surface area contributed by atoms with Crippen LogP contribution >= 0.6 is 0 Å². The van der Waals surface area contributed by atoms with Crippen LogP contribution in [0.1, 0.15) is 38.5 Å². The van der Waals surface area contributed by atoms with Crippen molar-refractivity contribution in [3.63, 3.8) is 0 Å². The Balaban J connectivity index is 1.93. The van der Waals surface area contributed by atoms with Crippen LogP contribution in [0, 0.1) is 0 Å². The van der Waals surface area contributed by atoms with Gasteiger partial charge in [-0.05, 0) is 44.5 Å². The quantitative estimate of drug-likeness (QED) is 0.671. The number of hydrogen-bond acceptors (Lipinski definition) is 4. The van der Waals surface area contributed by atoms with Crippen LogP contribution in [0.2, 0.25) is 0 Å². The Kier molecular flexibility index (Phi) is 5.53. The van der Waals surface area contributed by atoms with Gasteiger partial charge in [0, 0.05) is 11.4 Å². The Morgan fingerprint density at radius 3 is 2.41 bits per heavy atom. The number of fused-ring (bicyclic) bond motifs is 1. The van der Waals surface area contributed by atoms with Crippen LogP contribution < -0.4 is 9.46 Å². The molecule has 1 heterocycles. The molecule has 0 bridgehead atoms. The van der Waals surface area contributed by atoms with Gasteiger partial charge in [0.05, 0.1) is 24.0 Å². The van der Waals surface area contributed by atoms with Gasteiger partial charge in [-0.3, -0.25) is 4.68 Å². The molecule has 3 aromatic rings. The molecule has 2 atom stereocenters. The van der Waals surface area contributed by atoms with Crippen LogP contribution in [0.5, 0.6) is 5.75 Å². The molecule has 1 aromatic heterocycles. The lowest BCUT2D eigenvalue weighted by molar-refractivity contribution is 0.173. The third-order valence-corrected chi connectivity index (χ3v) is 5.10. The van der Waals surface area contributed by atoms with Crippen molar-refractivity contribution in [2.75, 3.05) is 6.26 Å². The monoisotopic (exact) mass is 387 g/mol. The van der Waals surface area contributed by atoms with Gasteiger partial charge in [0.15, 0.2) is 0 Å². The van der Waals surface area contributed by atoms with Gasteiger partial charge < -0.3 is 4.74 Å². The number of ether oxygens (including phenoxy) is 1. The van der Waals surface area contributed by atoms with Gasteiger partial charge >= 0.3 is 0 Å². The summed E-state index contributed by atoms with van der Waals surface area (Å²) in [6, 6.07) is 15.2. The first-order valence-electron chi connectivity index (χ1n) is 8.91. The van der Waals surface area contributed by atoms with E-state index in [1.165, 1.54) is 0 Å². The first kappa shape index (κ1) is 19.4. The van der Waals surface area contributed by atoms with E-state index < -0.39 is 22.2 Å². The predicted molar refractivity (Wildman–Crippen MR) is 107 cm³/mol. The third-order valence-electron chi connectivity index (χ3n) is 4.30. The average molecular weight is 388 g/mol. The normalized spacial score (nSPS) is 14.4. The van der Waals surface area contributed by atoms with Crippen molar-refractivity contribution in [1.29, 1.82) is 0 Å². The van der Waals surface area contributed by atoms with E-state index in [0.717, 1.165) is 22.7 Å². The molecule has 0 aliphatic rings. The highest BCUT2D eigenvalue weighted by Crippen LogP contribution is 2.28. The molecular formula is C20H25N3O3S. The largest absolute Gasteiger partial charge is 0.484 e. The number of sulfonamides is 1. The third kappa shape index (κ3) is 4.67. The molecule has 0 amide bonds. The molecular weight excluding hydrogens is 362 g/mol. The van der Waals surface area contributed by atoms with Crippen molar-refractivity contribution in [2.24, 2.45) is 0 Å². The van der Waals surface area contributed by atoms with Crippen LogP contribution in [0.15, 0.2) is 54.7 Å². The molecule has 144 valence electrons. The molecule has 2 aromatic carbocycles. The summed E-state index contributed by atoms with van der Waals surface area (Å²) in [6.07, 6.45) is 2.51. The Morgan fingerprint density at radius 2 is 1.78 bits per heavy atom. The first-order chi connectivity index (χ1) is 12.7. The molecule has 0 aliphatic heterocycles. The van der Waals surface area contributed by atoms with E-state index in [1.54, 1.807) is 6.92 Å². The lowest BCUT2D eigenvalue weighted by Crippen LogP contribution is -2.38. The van der Waals surface area contributed by atoms with E-state index in [-0.39, 0.29) is 6.04 Å². The number of aromatic nitrogens is 2.